The zero-order chi connectivity index (χ0) is 16.1. The van der Waals surface area contributed by atoms with Crippen LogP contribution in [0.3, 0.4) is 0 Å². The Morgan fingerprint density at radius 2 is 1.87 bits per heavy atom. The van der Waals surface area contributed by atoms with Gasteiger partial charge >= 0.3 is 0 Å². The van der Waals surface area contributed by atoms with Crippen LogP contribution in [-0.4, -0.2) is 67.1 Å². The highest BCUT2D eigenvalue weighted by Gasteiger charge is 2.24. The van der Waals surface area contributed by atoms with E-state index in [9.17, 15) is 9.59 Å². The number of carbonyl (C=O) groups excluding carboxylic acids is 2. The number of morpholine rings is 1. The van der Waals surface area contributed by atoms with Crippen LogP contribution in [0.5, 0.6) is 0 Å². The molecule has 0 atom stereocenters. The molecule has 3 rings (SSSR count). The van der Waals surface area contributed by atoms with Crippen LogP contribution in [0.1, 0.15) is 33.8 Å². The number of ether oxygens (including phenoxy) is 1. The Hall–Kier alpha value is -1.99. The standard InChI is InChI=1S/C16H22N4O3/c21-15(17-6-7-20-8-10-23-11-9-20)13-2-1-3-14(19-13)16(22)18-12-4-5-12/h1-3,12H,4-11H2,(H,17,21)(H,18,22). The average Bonchev–Trinajstić information content (AvgIpc) is 3.40. The largest absolute Gasteiger partial charge is 0.379 e. The minimum atomic E-state index is -0.251. The Bertz CT molecular complexity index is 568. The summed E-state index contributed by atoms with van der Waals surface area (Å²) in [6, 6.07) is 5.21. The smallest absolute Gasteiger partial charge is 0.270 e. The Kier molecular flexibility index (Phi) is 5.19. The van der Waals surface area contributed by atoms with Crippen molar-refractivity contribution in [2.75, 3.05) is 39.4 Å². The van der Waals surface area contributed by atoms with E-state index in [1.54, 1.807) is 18.2 Å². The van der Waals surface area contributed by atoms with Gasteiger partial charge in [-0.05, 0) is 25.0 Å². The van der Waals surface area contributed by atoms with E-state index in [0.717, 1.165) is 45.7 Å². The molecule has 1 aliphatic carbocycles. The fourth-order valence-electron chi connectivity index (χ4n) is 2.42. The molecule has 1 aromatic rings. The number of hydrogen-bond acceptors (Lipinski definition) is 5. The van der Waals surface area contributed by atoms with Gasteiger partial charge in [-0.15, -0.1) is 0 Å². The third kappa shape index (κ3) is 4.74. The van der Waals surface area contributed by atoms with Crippen molar-refractivity contribution < 1.29 is 14.3 Å². The minimum Gasteiger partial charge on any atom is -0.379 e. The molecule has 2 fully saturated rings. The molecule has 0 bridgehead atoms. The van der Waals surface area contributed by atoms with Crippen LogP contribution in [0.4, 0.5) is 0 Å². The fraction of sp³-hybridized carbons (Fsp3) is 0.562. The van der Waals surface area contributed by atoms with Gasteiger partial charge in [-0.3, -0.25) is 14.5 Å². The number of carbonyl (C=O) groups is 2. The zero-order valence-corrected chi connectivity index (χ0v) is 13.1. The molecule has 1 saturated carbocycles. The lowest BCUT2D eigenvalue weighted by Gasteiger charge is -2.26. The second-order valence-electron chi connectivity index (χ2n) is 5.87. The molecule has 124 valence electrons. The number of nitrogens with one attached hydrogen (secondary N) is 2. The SMILES string of the molecule is O=C(NCCN1CCOCC1)c1cccc(C(=O)NC2CC2)n1. The van der Waals surface area contributed by atoms with E-state index in [1.165, 1.54) is 0 Å². The molecule has 2 aliphatic rings. The van der Waals surface area contributed by atoms with Crippen LogP contribution in [0.15, 0.2) is 18.2 Å². The number of amides is 2. The van der Waals surface area contributed by atoms with E-state index >= 15 is 0 Å². The molecule has 2 amide bonds. The monoisotopic (exact) mass is 318 g/mol. The van der Waals surface area contributed by atoms with Gasteiger partial charge in [0.2, 0.25) is 0 Å². The van der Waals surface area contributed by atoms with Crippen molar-refractivity contribution in [3.8, 4) is 0 Å². The van der Waals surface area contributed by atoms with Crippen molar-refractivity contribution in [3.63, 3.8) is 0 Å². The van der Waals surface area contributed by atoms with E-state index in [1.807, 2.05) is 0 Å². The molecular formula is C16H22N4O3. The molecule has 1 aliphatic heterocycles. The highest BCUT2D eigenvalue weighted by atomic mass is 16.5. The van der Waals surface area contributed by atoms with E-state index in [-0.39, 0.29) is 29.2 Å². The molecule has 0 spiro atoms. The summed E-state index contributed by atoms with van der Waals surface area (Å²) in [6.45, 7) is 4.62. The van der Waals surface area contributed by atoms with Crippen molar-refractivity contribution >= 4 is 11.8 Å². The number of nitrogens with zero attached hydrogens (tertiary/aromatic N) is 2. The van der Waals surface area contributed by atoms with Gasteiger partial charge in [-0.2, -0.15) is 0 Å². The number of aromatic nitrogens is 1. The van der Waals surface area contributed by atoms with Crippen molar-refractivity contribution in [3.05, 3.63) is 29.6 Å². The van der Waals surface area contributed by atoms with Gasteiger partial charge in [0.05, 0.1) is 13.2 Å². The normalized spacial score (nSPS) is 18.4. The first kappa shape index (κ1) is 15.9. The molecule has 7 nitrogen and oxygen atoms in total. The third-order valence-corrected chi connectivity index (χ3v) is 3.94. The van der Waals surface area contributed by atoms with Crippen molar-refractivity contribution in [1.29, 1.82) is 0 Å². The number of hydrogen-bond donors (Lipinski definition) is 2. The van der Waals surface area contributed by atoms with E-state index in [2.05, 4.69) is 20.5 Å². The quantitative estimate of drug-likeness (QED) is 0.773. The maximum atomic E-state index is 12.1. The molecule has 0 radical (unpaired) electrons. The lowest BCUT2D eigenvalue weighted by molar-refractivity contribution is 0.0383. The van der Waals surface area contributed by atoms with E-state index in [0.29, 0.717) is 6.54 Å². The molecule has 2 heterocycles. The fourth-order valence-corrected chi connectivity index (χ4v) is 2.42. The summed E-state index contributed by atoms with van der Waals surface area (Å²) in [4.78, 5) is 30.5. The Labute approximate surface area is 135 Å². The van der Waals surface area contributed by atoms with Gasteiger partial charge in [0.25, 0.3) is 11.8 Å². The third-order valence-electron chi connectivity index (χ3n) is 3.94. The summed E-state index contributed by atoms with van der Waals surface area (Å²) in [7, 11) is 0. The summed E-state index contributed by atoms with van der Waals surface area (Å²) in [6.07, 6.45) is 2.04. The van der Waals surface area contributed by atoms with Gasteiger partial charge < -0.3 is 15.4 Å². The van der Waals surface area contributed by atoms with Gasteiger partial charge in [0, 0.05) is 32.2 Å². The molecule has 0 aromatic carbocycles. The van der Waals surface area contributed by atoms with Crippen molar-refractivity contribution in [2.24, 2.45) is 0 Å². The lowest BCUT2D eigenvalue weighted by atomic mass is 10.2. The topological polar surface area (TPSA) is 83.6 Å². The van der Waals surface area contributed by atoms with Crippen LogP contribution < -0.4 is 10.6 Å². The summed E-state index contributed by atoms with van der Waals surface area (Å²) in [5.41, 5.74) is 0.563. The average molecular weight is 318 g/mol. The molecule has 0 unspecified atom stereocenters. The maximum absolute atomic E-state index is 12.1. The highest BCUT2D eigenvalue weighted by Crippen LogP contribution is 2.19. The first-order valence-corrected chi connectivity index (χ1v) is 8.08. The number of pyridine rings is 1. The van der Waals surface area contributed by atoms with Gasteiger partial charge in [0.1, 0.15) is 11.4 Å². The number of rotatable bonds is 6. The van der Waals surface area contributed by atoms with Crippen LogP contribution >= 0.6 is 0 Å². The summed E-state index contributed by atoms with van der Waals surface area (Å²) in [5.74, 6) is -0.463. The van der Waals surface area contributed by atoms with E-state index < -0.39 is 0 Å². The maximum Gasteiger partial charge on any atom is 0.270 e. The van der Waals surface area contributed by atoms with Crippen molar-refractivity contribution in [2.45, 2.75) is 18.9 Å². The Morgan fingerprint density at radius 1 is 1.17 bits per heavy atom. The van der Waals surface area contributed by atoms with Crippen LogP contribution in [-0.2, 0) is 4.74 Å². The zero-order valence-electron chi connectivity index (χ0n) is 13.1. The summed E-state index contributed by atoms with van der Waals surface area (Å²) >= 11 is 0. The summed E-state index contributed by atoms with van der Waals surface area (Å²) in [5, 5.41) is 5.72. The minimum absolute atomic E-state index is 0.213. The molecule has 1 saturated heterocycles. The summed E-state index contributed by atoms with van der Waals surface area (Å²) < 4.78 is 5.29. The second kappa shape index (κ2) is 7.52. The molecule has 2 N–H and O–H groups in total. The van der Waals surface area contributed by atoms with Gasteiger partial charge in [-0.1, -0.05) is 6.07 Å². The van der Waals surface area contributed by atoms with Crippen LogP contribution in [0, 0.1) is 0 Å². The Balaban J connectivity index is 1.49. The first-order valence-electron chi connectivity index (χ1n) is 8.08. The van der Waals surface area contributed by atoms with Gasteiger partial charge in [0.15, 0.2) is 0 Å². The highest BCUT2D eigenvalue weighted by molar-refractivity contribution is 5.96. The predicted molar refractivity (Wildman–Crippen MR) is 84.3 cm³/mol. The molecular weight excluding hydrogens is 296 g/mol. The predicted octanol–water partition coefficient (Wildman–Crippen LogP) is 0.0358. The molecule has 1 aromatic heterocycles. The second-order valence-corrected chi connectivity index (χ2v) is 5.87. The van der Waals surface area contributed by atoms with Gasteiger partial charge in [-0.25, -0.2) is 4.98 Å². The van der Waals surface area contributed by atoms with Crippen LogP contribution in [0.2, 0.25) is 0 Å². The molecule has 23 heavy (non-hydrogen) atoms. The van der Waals surface area contributed by atoms with E-state index in [4.69, 9.17) is 4.74 Å². The lowest BCUT2D eigenvalue weighted by Crippen LogP contribution is -2.41. The molecule has 7 heteroatoms. The van der Waals surface area contributed by atoms with Crippen LogP contribution in [0.25, 0.3) is 0 Å². The Morgan fingerprint density at radius 3 is 2.57 bits per heavy atom. The first-order chi connectivity index (χ1) is 11.2. The van der Waals surface area contributed by atoms with Crippen molar-refractivity contribution in [1.82, 2.24) is 20.5 Å².